The van der Waals surface area contributed by atoms with Gasteiger partial charge in [0, 0.05) is 29.3 Å². The zero-order valence-electron chi connectivity index (χ0n) is 18.7. The Morgan fingerprint density at radius 3 is 2.55 bits per heavy atom. The summed E-state index contributed by atoms with van der Waals surface area (Å²) in [5.41, 5.74) is 6.13. The molecule has 5 rings (SSSR count). The van der Waals surface area contributed by atoms with Crippen LogP contribution in [-0.2, 0) is 0 Å². The van der Waals surface area contributed by atoms with Crippen molar-refractivity contribution >= 4 is 11.5 Å². The molecule has 0 radical (unpaired) electrons. The minimum absolute atomic E-state index is 0.00942. The third kappa shape index (κ3) is 3.86. The lowest BCUT2D eigenvalue weighted by Crippen LogP contribution is -2.32. The fourth-order valence-electron chi connectivity index (χ4n) is 4.73. The van der Waals surface area contributed by atoms with Crippen LogP contribution in [0.25, 0.3) is 28.0 Å². The first-order valence-corrected chi connectivity index (χ1v) is 11.2. The Labute approximate surface area is 191 Å². The number of benzene rings is 2. The second-order valence-corrected chi connectivity index (χ2v) is 8.66. The first kappa shape index (κ1) is 21.5. The summed E-state index contributed by atoms with van der Waals surface area (Å²) in [6.45, 7) is 4.87. The van der Waals surface area contributed by atoms with E-state index in [1.165, 1.54) is 12.1 Å². The third-order valence-corrected chi connectivity index (χ3v) is 6.40. The molecule has 33 heavy (non-hydrogen) atoms. The number of hydrogen-bond acceptors (Lipinski definition) is 4. The Hall–Kier alpha value is -3.32. The molecule has 5 nitrogen and oxygen atoms in total. The molecule has 0 aliphatic carbocycles. The van der Waals surface area contributed by atoms with E-state index in [0.717, 1.165) is 58.8 Å². The molecule has 1 saturated heterocycles. The average molecular weight is 449 g/mol. The second kappa shape index (κ2) is 8.56. The van der Waals surface area contributed by atoms with Crippen LogP contribution in [0.1, 0.15) is 36.1 Å². The second-order valence-electron chi connectivity index (χ2n) is 8.66. The molecule has 1 aliphatic rings. The number of rotatable bonds is 5. The number of aromatic nitrogens is 3. The van der Waals surface area contributed by atoms with E-state index < -0.39 is 6.43 Å². The van der Waals surface area contributed by atoms with Crippen molar-refractivity contribution in [3.63, 3.8) is 0 Å². The van der Waals surface area contributed by atoms with Gasteiger partial charge in [0.15, 0.2) is 5.65 Å². The summed E-state index contributed by atoms with van der Waals surface area (Å²) in [7, 11) is 0. The predicted octanol–water partition coefficient (Wildman–Crippen LogP) is 5.58. The van der Waals surface area contributed by atoms with Crippen LogP contribution in [0.4, 0.5) is 14.6 Å². The summed E-state index contributed by atoms with van der Waals surface area (Å²) in [6.07, 6.45) is -0.589. The molecule has 1 fully saturated rings. The van der Waals surface area contributed by atoms with Gasteiger partial charge in [0.2, 0.25) is 0 Å². The van der Waals surface area contributed by atoms with Crippen LogP contribution < -0.4 is 4.90 Å². The number of alkyl halides is 2. The number of anilines is 1. The molecule has 0 spiro atoms. The highest BCUT2D eigenvalue weighted by Crippen LogP contribution is 2.35. The van der Waals surface area contributed by atoms with E-state index in [-0.39, 0.29) is 18.2 Å². The van der Waals surface area contributed by atoms with E-state index in [2.05, 4.69) is 24.0 Å². The van der Waals surface area contributed by atoms with Gasteiger partial charge in [0.05, 0.1) is 24.0 Å². The van der Waals surface area contributed by atoms with Gasteiger partial charge in [-0.3, -0.25) is 0 Å². The highest BCUT2D eigenvalue weighted by Gasteiger charge is 2.27. The van der Waals surface area contributed by atoms with Crippen molar-refractivity contribution in [2.24, 2.45) is 0 Å². The third-order valence-electron chi connectivity index (χ3n) is 6.40. The molecule has 4 aromatic rings. The molecular weight excluding hydrogens is 422 g/mol. The molecule has 0 amide bonds. The van der Waals surface area contributed by atoms with Crippen LogP contribution in [0.15, 0.2) is 54.6 Å². The summed E-state index contributed by atoms with van der Waals surface area (Å²) < 4.78 is 28.0. The van der Waals surface area contributed by atoms with Crippen molar-refractivity contribution in [3.05, 3.63) is 71.4 Å². The molecule has 0 bridgehead atoms. The molecule has 1 aliphatic heterocycles. The minimum Gasteiger partial charge on any atom is -0.394 e. The largest absolute Gasteiger partial charge is 0.394 e. The molecule has 3 heterocycles. The molecule has 0 saturated carbocycles. The number of hydrogen-bond donors (Lipinski definition) is 1. The van der Waals surface area contributed by atoms with Gasteiger partial charge in [-0.1, -0.05) is 48.0 Å². The average Bonchev–Trinajstić information content (AvgIpc) is 3.42. The molecule has 170 valence electrons. The van der Waals surface area contributed by atoms with E-state index in [1.807, 2.05) is 29.6 Å². The first-order chi connectivity index (χ1) is 16.0. The molecule has 1 N–H and O–H groups in total. The normalized spacial score (nSPS) is 16.3. The monoisotopic (exact) mass is 448 g/mol. The first-order valence-electron chi connectivity index (χ1n) is 11.2. The van der Waals surface area contributed by atoms with Gasteiger partial charge in [-0.05, 0) is 38.3 Å². The number of halogens is 2. The number of aliphatic hydroxyl groups excluding tert-OH is 1. The summed E-state index contributed by atoms with van der Waals surface area (Å²) in [5.74, 6) is 0.793. The lowest BCUT2D eigenvalue weighted by Gasteiger charge is -2.25. The zero-order chi connectivity index (χ0) is 23.1. The highest BCUT2D eigenvalue weighted by atomic mass is 19.3. The van der Waals surface area contributed by atoms with E-state index in [4.69, 9.17) is 10.1 Å². The Bertz CT molecular complexity index is 1300. The summed E-state index contributed by atoms with van der Waals surface area (Å²) >= 11 is 0. The zero-order valence-corrected chi connectivity index (χ0v) is 18.7. The number of nitrogens with zero attached hydrogens (tertiary/aromatic N) is 4. The van der Waals surface area contributed by atoms with Crippen LogP contribution in [0, 0.1) is 13.8 Å². The van der Waals surface area contributed by atoms with Gasteiger partial charge in [-0.25, -0.2) is 18.3 Å². The number of aryl methyl sites for hydroxylation is 2. The number of aliphatic hydroxyl groups is 1. The van der Waals surface area contributed by atoms with Crippen LogP contribution >= 0.6 is 0 Å². The summed E-state index contributed by atoms with van der Waals surface area (Å²) in [5, 5.41) is 14.7. The quantitative estimate of drug-likeness (QED) is 0.433. The Morgan fingerprint density at radius 1 is 1.06 bits per heavy atom. The van der Waals surface area contributed by atoms with Gasteiger partial charge in [0.1, 0.15) is 5.82 Å². The summed E-state index contributed by atoms with van der Waals surface area (Å²) in [4.78, 5) is 7.14. The van der Waals surface area contributed by atoms with E-state index in [1.54, 1.807) is 12.1 Å². The maximum Gasteiger partial charge on any atom is 0.263 e. The van der Waals surface area contributed by atoms with Crippen molar-refractivity contribution < 1.29 is 13.9 Å². The Balaban J connectivity index is 1.75. The fraction of sp³-hybridized carbons (Fsp3) is 0.308. The smallest absolute Gasteiger partial charge is 0.263 e. The van der Waals surface area contributed by atoms with Crippen molar-refractivity contribution in [1.29, 1.82) is 0 Å². The molecule has 2 aromatic heterocycles. The van der Waals surface area contributed by atoms with Gasteiger partial charge in [-0.15, -0.1) is 0 Å². The highest BCUT2D eigenvalue weighted by molar-refractivity contribution is 5.83. The maximum atomic E-state index is 13.1. The molecule has 7 heteroatoms. The lowest BCUT2D eigenvalue weighted by molar-refractivity contribution is 0.151. The standard InChI is InChI=1S/C26H26F2N4O/c1-16-5-3-6-20(13-16)22-14-23(31-12-4-7-21(31)15-33)29-26-24(17(2)30-32(22)26)18-8-10-19(11-9-18)25(27)28/h3,5-6,8-11,13-14,21,25,33H,4,7,12,15H2,1-2H3. The van der Waals surface area contributed by atoms with Crippen molar-refractivity contribution in [3.8, 4) is 22.4 Å². The molecular formula is C26H26F2N4O. The van der Waals surface area contributed by atoms with Crippen LogP contribution in [0.2, 0.25) is 0 Å². The van der Waals surface area contributed by atoms with Crippen molar-refractivity contribution in [2.45, 2.75) is 39.2 Å². The maximum absolute atomic E-state index is 13.1. The minimum atomic E-state index is -2.51. The van der Waals surface area contributed by atoms with E-state index >= 15 is 0 Å². The van der Waals surface area contributed by atoms with Gasteiger partial charge in [-0.2, -0.15) is 5.10 Å². The van der Waals surface area contributed by atoms with Gasteiger partial charge in [0.25, 0.3) is 6.43 Å². The number of fused-ring (bicyclic) bond motifs is 1. The van der Waals surface area contributed by atoms with Crippen LogP contribution in [0.5, 0.6) is 0 Å². The SMILES string of the molecule is Cc1cccc(-c2cc(N3CCCC3CO)nc3c(-c4ccc(C(F)F)cc4)c(C)nn23)c1. The van der Waals surface area contributed by atoms with Gasteiger partial charge < -0.3 is 10.0 Å². The van der Waals surface area contributed by atoms with Gasteiger partial charge >= 0.3 is 0 Å². The lowest BCUT2D eigenvalue weighted by atomic mass is 10.0. The van der Waals surface area contributed by atoms with Crippen LogP contribution in [-0.4, -0.2) is 38.9 Å². The topological polar surface area (TPSA) is 53.7 Å². The van der Waals surface area contributed by atoms with Crippen molar-refractivity contribution in [1.82, 2.24) is 14.6 Å². The fourth-order valence-corrected chi connectivity index (χ4v) is 4.73. The summed E-state index contributed by atoms with van der Waals surface area (Å²) in [6, 6.07) is 16.6. The molecule has 2 aromatic carbocycles. The molecule has 1 atom stereocenters. The van der Waals surface area contributed by atoms with E-state index in [9.17, 15) is 13.9 Å². The Kier molecular flexibility index (Phi) is 5.58. The predicted molar refractivity (Wildman–Crippen MR) is 126 cm³/mol. The molecule has 1 unspecified atom stereocenters. The van der Waals surface area contributed by atoms with Crippen LogP contribution in [0.3, 0.4) is 0 Å². The van der Waals surface area contributed by atoms with Crippen molar-refractivity contribution in [2.75, 3.05) is 18.1 Å². The van der Waals surface area contributed by atoms with E-state index in [0.29, 0.717) is 5.65 Å². The Morgan fingerprint density at radius 2 is 1.85 bits per heavy atom.